The number of aliphatic hydroxyl groups is 1. The van der Waals surface area contributed by atoms with E-state index in [0.717, 1.165) is 15.0 Å². The smallest absolute Gasteiger partial charge is 0.132 e. The molecule has 0 aliphatic rings. The molecule has 5 heteroatoms. The standard InChI is InChI=1S/C14H10Br2F2O/c1-7-2-11(13(18)6-12(7)17)14(19)8-3-9(15)5-10(16)4-8/h2-6,14,19H,1H3. The molecule has 1 unspecified atom stereocenters. The fourth-order valence-electron chi connectivity index (χ4n) is 1.80. The number of aliphatic hydroxyl groups excluding tert-OH is 1. The maximum absolute atomic E-state index is 13.7. The van der Waals surface area contributed by atoms with E-state index in [1.54, 1.807) is 12.1 Å². The molecule has 1 N–H and O–H groups in total. The highest BCUT2D eigenvalue weighted by atomic mass is 79.9. The van der Waals surface area contributed by atoms with Gasteiger partial charge in [-0.25, -0.2) is 8.78 Å². The molecular formula is C14H10Br2F2O. The summed E-state index contributed by atoms with van der Waals surface area (Å²) in [6.07, 6.45) is -1.15. The summed E-state index contributed by atoms with van der Waals surface area (Å²) in [5, 5.41) is 10.2. The Balaban J connectivity index is 2.49. The highest BCUT2D eigenvalue weighted by molar-refractivity contribution is 9.11. The minimum absolute atomic E-state index is 0.0592. The topological polar surface area (TPSA) is 20.2 Å². The molecule has 0 saturated carbocycles. The van der Waals surface area contributed by atoms with Gasteiger partial charge >= 0.3 is 0 Å². The zero-order chi connectivity index (χ0) is 14.2. The SMILES string of the molecule is Cc1cc(C(O)c2cc(Br)cc(Br)c2)c(F)cc1F. The average molecular weight is 392 g/mol. The molecule has 0 radical (unpaired) electrons. The van der Waals surface area contributed by atoms with Gasteiger partial charge < -0.3 is 5.11 Å². The highest BCUT2D eigenvalue weighted by Gasteiger charge is 2.18. The van der Waals surface area contributed by atoms with Crippen molar-refractivity contribution in [3.63, 3.8) is 0 Å². The van der Waals surface area contributed by atoms with E-state index >= 15 is 0 Å². The van der Waals surface area contributed by atoms with Gasteiger partial charge in [-0.2, -0.15) is 0 Å². The molecule has 19 heavy (non-hydrogen) atoms. The van der Waals surface area contributed by atoms with Gasteiger partial charge in [0.05, 0.1) is 0 Å². The van der Waals surface area contributed by atoms with E-state index < -0.39 is 17.7 Å². The zero-order valence-electron chi connectivity index (χ0n) is 9.92. The molecule has 0 spiro atoms. The molecule has 2 rings (SSSR count). The van der Waals surface area contributed by atoms with Crippen molar-refractivity contribution in [1.82, 2.24) is 0 Å². The van der Waals surface area contributed by atoms with E-state index in [2.05, 4.69) is 31.9 Å². The Hall–Kier alpha value is -0.780. The Morgan fingerprint density at radius 3 is 2.11 bits per heavy atom. The van der Waals surface area contributed by atoms with Gasteiger partial charge in [0.2, 0.25) is 0 Å². The third-order valence-corrected chi connectivity index (χ3v) is 3.69. The summed E-state index contributed by atoms with van der Waals surface area (Å²) in [7, 11) is 0. The number of hydrogen-bond donors (Lipinski definition) is 1. The van der Waals surface area contributed by atoms with Crippen molar-refractivity contribution in [2.75, 3.05) is 0 Å². The lowest BCUT2D eigenvalue weighted by Gasteiger charge is -2.14. The number of aryl methyl sites for hydroxylation is 1. The number of halogens is 4. The van der Waals surface area contributed by atoms with Crippen LogP contribution in [0.2, 0.25) is 0 Å². The van der Waals surface area contributed by atoms with E-state index in [9.17, 15) is 13.9 Å². The molecule has 0 fully saturated rings. The Bertz CT molecular complexity index is 609. The zero-order valence-corrected chi connectivity index (χ0v) is 13.1. The van der Waals surface area contributed by atoms with Crippen molar-refractivity contribution < 1.29 is 13.9 Å². The van der Waals surface area contributed by atoms with Gasteiger partial charge in [0.25, 0.3) is 0 Å². The van der Waals surface area contributed by atoms with Crippen LogP contribution >= 0.6 is 31.9 Å². The van der Waals surface area contributed by atoms with E-state index in [1.807, 2.05) is 6.07 Å². The van der Waals surface area contributed by atoms with Crippen LogP contribution in [0.25, 0.3) is 0 Å². The first-order valence-electron chi connectivity index (χ1n) is 5.48. The quantitative estimate of drug-likeness (QED) is 0.773. The molecule has 100 valence electrons. The molecular weight excluding hydrogens is 382 g/mol. The summed E-state index contributed by atoms with van der Waals surface area (Å²) in [6, 6.07) is 7.30. The maximum atomic E-state index is 13.7. The molecule has 0 aliphatic heterocycles. The van der Waals surface area contributed by atoms with Gasteiger partial charge in [0.1, 0.15) is 17.7 Å². The molecule has 2 aromatic carbocycles. The summed E-state index contributed by atoms with van der Waals surface area (Å²) in [4.78, 5) is 0. The Morgan fingerprint density at radius 2 is 1.53 bits per heavy atom. The average Bonchev–Trinajstić information content (AvgIpc) is 2.31. The molecule has 0 saturated heterocycles. The monoisotopic (exact) mass is 390 g/mol. The normalized spacial score (nSPS) is 12.5. The Morgan fingerprint density at radius 1 is 0.947 bits per heavy atom. The van der Waals surface area contributed by atoms with Gasteiger partial charge in [-0.1, -0.05) is 31.9 Å². The minimum atomic E-state index is -1.15. The van der Waals surface area contributed by atoms with Crippen LogP contribution in [0.4, 0.5) is 8.78 Å². The maximum Gasteiger partial charge on any atom is 0.132 e. The van der Waals surface area contributed by atoms with Gasteiger partial charge in [-0.15, -0.1) is 0 Å². The van der Waals surface area contributed by atoms with Crippen molar-refractivity contribution in [1.29, 1.82) is 0 Å². The van der Waals surface area contributed by atoms with Crippen molar-refractivity contribution in [2.24, 2.45) is 0 Å². The van der Waals surface area contributed by atoms with Crippen molar-refractivity contribution in [2.45, 2.75) is 13.0 Å². The molecule has 2 aromatic rings. The molecule has 0 amide bonds. The van der Waals surface area contributed by atoms with Crippen LogP contribution in [0, 0.1) is 18.6 Å². The molecule has 0 aliphatic carbocycles. The second-order valence-corrected chi connectivity index (χ2v) is 6.06. The summed E-state index contributed by atoms with van der Waals surface area (Å²) < 4.78 is 28.5. The molecule has 0 heterocycles. The first-order chi connectivity index (χ1) is 8.88. The lowest BCUT2D eigenvalue weighted by atomic mass is 9.99. The van der Waals surface area contributed by atoms with Crippen LogP contribution in [0.5, 0.6) is 0 Å². The van der Waals surface area contributed by atoms with Crippen LogP contribution in [0.1, 0.15) is 22.8 Å². The number of hydrogen-bond acceptors (Lipinski definition) is 1. The summed E-state index contributed by atoms with van der Waals surface area (Å²) in [6.45, 7) is 1.53. The largest absolute Gasteiger partial charge is 0.384 e. The Labute approximate surface area is 126 Å². The highest BCUT2D eigenvalue weighted by Crippen LogP contribution is 2.30. The minimum Gasteiger partial charge on any atom is -0.384 e. The van der Waals surface area contributed by atoms with Crippen LogP contribution in [0.3, 0.4) is 0 Å². The summed E-state index contributed by atoms with van der Waals surface area (Å²) in [5.74, 6) is -1.38. The van der Waals surface area contributed by atoms with Crippen LogP contribution in [-0.2, 0) is 0 Å². The van der Waals surface area contributed by atoms with Crippen molar-refractivity contribution >= 4 is 31.9 Å². The lowest BCUT2D eigenvalue weighted by Crippen LogP contribution is -2.04. The molecule has 0 aromatic heterocycles. The molecule has 1 atom stereocenters. The first-order valence-corrected chi connectivity index (χ1v) is 7.06. The molecule has 1 nitrogen and oxygen atoms in total. The van der Waals surface area contributed by atoms with E-state index in [0.29, 0.717) is 11.1 Å². The summed E-state index contributed by atoms with van der Waals surface area (Å²) >= 11 is 6.61. The van der Waals surface area contributed by atoms with E-state index in [-0.39, 0.29) is 5.56 Å². The van der Waals surface area contributed by atoms with Gasteiger partial charge in [-0.3, -0.25) is 0 Å². The van der Waals surface area contributed by atoms with E-state index in [4.69, 9.17) is 0 Å². The number of rotatable bonds is 2. The molecule has 0 bridgehead atoms. The Kier molecular flexibility index (Phi) is 4.38. The fraction of sp³-hybridized carbons (Fsp3) is 0.143. The second kappa shape index (κ2) is 5.69. The second-order valence-electron chi connectivity index (χ2n) is 4.23. The van der Waals surface area contributed by atoms with Crippen molar-refractivity contribution in [3.8, 4) is 0 Å². The van der Waals surface area contributed by atoms with Gasteiger partial charge in [0, 0.05) is 20.6 Å². The van der Waals surface area contributed by atoms with Gasteiger partial charge in [0.15, 0.2) is 0 Å². The third kappa shape index (κ3) is 3.22. The number of benzene rings is 2. The third-order valence-electron chi connectivity index (χ3n) is 2.77. The van der Waals surface area contributed by atoms with E-state index in [1.165, 1.54) is 13.0 Å². The van der Waals surface area contributed by atoms with Crippen LogP contribution < -0.4 is 0 Å². The van der Waals surface area contributed by atoms with Gasteiger partial charge in [-0.05, 0) is 42.3 Å². The van der Waals surface area contributed by atoms with Crippen LogP contribution in [-0.4, -0.2) is 5.11 Å². The van der Waals surface area contributed by atoms with Crippen molar-refractivity contribution in [3.05, 3.63) is 67.6 Å². The fourth-order valence-corrected chi connectivity index (χ4v) is 3.13. The first kappa shape index (κ1) is 14.6. The predicted molar refractivity (Wildman–Crippen MR) is 77.0 cm³/mol. The predicted octanol–water partition coefficient (Wildman–Crippen LogP) is 4.88. The lowest BCUT2D eigenvalue weighted by molar-refractivity contribution is 0.214. The summed E-state index contributed by atoms with van der Waals surface area (Å²) in [5.41, 5.74) is 0.875. The van der Waals surface area contributed by atoms with Crippen LogP contribution in [0.15, 0.2) is 39.3 Å².